The second-order valence-corrected chi connectivity index (χ2v) is 3.14. The number of hydrogen-bond acceptors (Lipinski definition) is 3. The Kier molecular flexibility index (Phi) is 1.56. The second kappa shape index (κ2) is 2.47. The van der Waals surface area contributed by atoms with Gasteiger partial charge in [0, 0.05) is 11.5 Å². The third-order valence-electron chi connectivity index (χ3n) is 2.42. The number of hydrogen-bond donors (Lipinski definition) is 1. The molecule has 0 amide bonds. The smallest absolute Gasteiger partial charge is 0.169 e. The molecule has 4 bridgehead atoms. The van der Waals surface area contributed by atoms with Gasteiger partial charge in [-0.05, 0) is 18.1 Å². The molecule has 0 saturated carbocycles. The molecule has 2 aliphatic carbocycles. The lowest BCUT2D eigenvalue weighted by Gasteiger charge is -2.29. The summed E-state index contributed by atoms with van der Waals surface area (Å²) in [5.74, 6) is 1.48. The summed E-state index contributed by atoms with van der Waals surface area (Å²) in [5.41, 5.74) is 2.68. The van der Waals surface area contributed by atoms with Crippen molar-refractivity contribution in [2.45, 2.75) is 12.3 Å². The average molecular weight is 165 g/mol. The summed E-state index contributed by atoms with van der Waals surface area (Å²) in [4.78, 5) is 9.99. The maximum absolute atomic E-state index is 5.03. The number of rotatable bonds is 0. The first-order valence-electron chi connectivity index (χ1n) is 3.86. The predicted octanol–water partition coefficient (Wildman–Crippen LogP) is 1.81. The van der Waals surface area contributed by atoms with E-state index in [1.54, 1.807) is 0 Å². The summed E-state index contributed by atoms with van der Waals surface area (Å²) >= 11 is 0. The molecule has 1 unspecified atom stereocenters. The van der Waals surface area contributed by atoms with Crippen molar-refractivity contribution in [2.75, 3.05) is 6.61 Å². The molecule has 0 aromatic heterocycles. The van der Waals surface area contributed by atoms with Gasteiger partial charge in [0.25, 0.3) is 0 Å². The molecule has 1 aromatic carbocycles. The minimum absolute atomic E-state index is 0. The Morgan fingerprint density at radius 2 is 2.25 bits per heavy atom. The van der Waals surface area contributed by atoms with E-state index < -0.39 is 0 Å². The zero-order chi connectivity index (χ0) is 7.26. The normalized spacial score (nSPS) is 22.8. The van der Waals surface area contributed by atoms with E-state index in [1.807, 2.05) is 0 Å². The molecular weight excluding hydrogens is 154 g/mol. The highest BCUT2D eigenvalue weighted by molar-refractivity contribution is 5.45. The lowest BCUT2D eigenvalue weighted by Crippen LogP contribution is -2.22. The molecule has 0 saturated heterocycles. The fraction of sp³-hybridized carbons (Fsp3) is 0.333. The van der Waals surface area contributed by atoms with Crippen LogP contribution in [-0.2, 0) is 11.3 Å². The van der Waals surface area contributed by atoms with E-state index in [0.29, 0.717) is 12.5 Å². The van der Waals surface area contributed by atoms with Crippen molar-refractivity contribution in [3.05, 3.63) is 29.3 Å². The summed E-state index contributed by atoms with van der Waals surface area (Å²) in [7, 11) is 0. The molecule has 0 radical (unpaired) electrons. The Bertz CT molecular complexity index is 311. The molecule has 1 aromatic rings. The van der Waals surface area contributed by atoms with Crippen LogP contribution < -0.4 is 11.0 Å². The van der Waals surface area contributed by atoms with E-state index in [0.717, 1.165) is 12.2 Å². The van der Waals surface area contributed by atoms with Crippen molar-refractivity contribution in [2.24, 2.45) is 0 Å². The van der Waals surface area contributed by atoms with Crippen molar-refractivity contribution in [1.29, 1.82) is 0 Å². The summed E-state index contributed by atoms with van der Waals surface area (Å²) in [6.45, 7) is 0.709. The molecule has 64 valence electrons. The van der Waals surface area contributed by atoms with Crippen LogP contribution in [0.5, 0.6) is 5.75 Å². The lowest BCUT2D eigenvalue weighted by atomic mass is 9.85. The summed E-state index contributed by atoms with van der Waals surface area (Å²) in [6, 6.07) is 6.36. The van der Waals surface area contributed by atoms with E-state index >= 15 is 0 Å². The van der Waals surface area contributed by atoms with Gasteiger partial charge in [-0.15, -0.1) is 0 Å². The van der Waals surface area contributed by atoms with Crippen LogP contribution in [0.3, 0.4) is 0 Å². The second-order valence-electron chi connectivity index (χ2n) is 3.14. The fourth-order valence-electron chi connectivity index (χ4n) is 1.84. The van der Waals surface area contributed by atoms with Crippen LogP contribution in [0, 0.1) is 0 Å². The van der Waals surface area contributed by atoms with Gasteiger partial charge in [0.1, 0.15) is 6.61 Å². The molecule has 3 heteroatoms. The topological polar surface area (TPSA) is 53.5 Å². The van der Waals surface area contributed by atoms with Gasteiger partial charge >= 0.3 is 0 Å². The standard InChI is InChI=1S/C9H8O2.H3N/c1-2-8-7-3-6(1)4-9(8)11-10-5-7;/h1-2,4,7H,3,5H2;1H3. The van der Waals surface area contributed by atoms with Crippen molar-refractivity contribution in [1.82, 2.24) is 6.15 Å². The van der Waals surface area contributed by atoms with Gasteiger partial charge in [-0.25, -0.2) is 0 Å². The highest BCUT2D eigenvalue weighted by atomic mass is 17.2. The van der Waals surface area contributed by atoms with Gasteiger partial charge in [0.2, 0.25) is 0 Å². The van der Waals surface area contributed by atoms with Crippen LogP contribution in [0.4, 0.5) is 0 Å². The third-order valence-corrected chi connectivity index (χ3v) is 2.42. The Balaban J connectivity index is 0.000000563. The highest BCUT2D eigenvalue weighted by Gasteiger charge is 2.27. The maximum Gasteiger partial charge on any atom is 0.169 e. The minimum atomic E-state index is 0. The van der Waals surface area contributed by atoms with E-state index in [9.17, 15) is 0 Å². The maximum atomic E-state index is 5.03. The zero-order valence-electron chi connectivity index (χ0n) is 6.75. The molecule has 3 nitrogen and oxygen atoms in total. The van der Waals surface area contributed by atoms with Crippen LogP contribution in [0.1, 0.15) is 17.0 Å². The molecule has 1 aliphatic heterocycles. The minimum Gasteiger partial charge on any atom is -0.344 e. The van der Waals surface area contributed by atoms with Crippen LogP contribution >= 0.6 is 0 Å². The number of fused-ring (bicyclic) bond motifs is 1. The first-order valence-corrected chi connectivity index (χ1v) is 3.86. The van der Waals surface area contributed by atoms with Crippen molar-refractivity contribution in [3.63, 3.8) is 0 Å². The van der Waals surface area contributed by atoms with Gasteiger partial charge in [-0.1, -0.05) is 12.1 Å². The molecule has 3 aliphatic rings. The van der Waals surface area contributed by atoms with E-state index in [1.165, 1.54) is 11.1 Å². The van der Waals surface area contributed by atoms with Crippen LogP contribution in [0.15, 0.2) is 18.2 Å². The van der Waals surface area contributed by atoms with Gasteiger partial charge < -0.3 is 11.0 Å². The van der Waals surface area contributed by atoms with Gasteiger partial charge in [0.05, 0.1) is 0 Å². The summed E-state index contributed by atoms with van der Waals surface area (Å²) in [5, 5.41) is 0. The van der Waals surface area contributed by atoms with E-state index in [2.05, 4.69) is 18.2 Å². The SMILES string of the molecule is N.c1cc2c3cc1CC2COO3. The predicted molar refractivity (Wildman–Crippen MR) is 44.5 cm³/mol. The molecule has 0 fully saturated rings. The molecule has 4 rings (SSSR count). The quantitative estimate of drug-likeness (QED) is 0.596. The van der Waals surface area contributed by atoms with Crippen LogP contribution in [-0.4, -0.2) is 6.61 Å². The molecule has 1 atom stereocenters. The Morgan fingerprint density at radius 3 is 2.92 bits per heavy atom. The largest absolute Gasteiger partial charge is 0.344 e. The van der Waals surface area contributed by atoms with E-state index in [-0.39, 0.29) is 6.15 Å². The highest BCUT2D eigenvalue weighted by Crippen LogP contribution is 2.39. The third kappa shape index (κ3) is 0.838. The first-order chi connectivity index (χ1) is 5.43. The Labute approximate surface area is 70.8 Å². The monoisotopic (exact) mass is 165 g/mol. The van der Waals surface area contributed by atoms with Gasteiger partial charge in [-0.3, -0.25) is 0 Å². The van der Waals surface area contributed by atoms with Crippen molar-refractivity contribution < 1.29 is 9.78 Å². The van der Waals surface area contributed by atoms with Crippen molar-refractivity contribution in [3.8, 4) is 5.75 Å². The first kappa shape index (κ1) is 7.58. The van der Waals surface area contributed by atoms with Crippen LogP contribution in [0.2, 0.25) is 0 Å². The molecular formula is C9H11NO2. The summed E-state index contributed by atoms with van der Waals surface area (Å²) < 4.78 is 0. The number of benzene rings is 1. The zero-order valence-corrected chi connectivity index (χ0v) is 6.75. The Morgan fingerprint density at radius 1 is 1.33 bits per heavy atom. The molecule has 12 heavy (non-hydrogen) atoms. The molecule has 3 N–H and O–H groups in total. The van der Waals surface area contributed by atoms with Crippen LogP contribution in [0.25, 0.3) is 0 Å². The summed E-state index contributed by atoms with van der Waals surface area (Å²) in [6.07, 6.45) is 1.12. The van der Waals surface area contributed by atoms with E-state index in [4.69, 9.17) is 9.78 Å². The Hall–Kier alpha value is -1.06. The van der Waals surface area contributed by atoms with Gasteiger partial charge in [0.15, 0.2) is 5.75 Å². The lowest BCUT2D eigenvalue weighted by molar-refractivity contribution is -0.223. The molecule has 1 heterocycles. The fourth-order valence-corrected chi connectivity index (χ4v) is 1.84. The average Bonchev–Trinajstić information content (AvgIpc) is 2.05. The molecule has 0 spiro atoms. The van der Waals surface area contributed by atoms with Gasteiger partial charge in [-0.2, -0.15) is 4.89 Å². The van der Waals surface area contributed by atoms with Crippen molar-refractivity contribution >= 4 is 0 Å².